The van der Waals surface area contributed by atoms with E-state index in [4.69, 9.17) is 43.7 Å². The van der Waals surface area contributed by atoms with Crippen molar-refractivity contribution in [3.8, 4) is 0 Å². The molecule has 0 aromatic carbocycles. The number of nitrogens with two attached hydrogens (primary N) is 1. The first-order chi connectivity index (χ1) is 26.0. The number of carbonyl (C=O) groups excluding carboxylic acids is 2. The highest BCUT2D eigenvalue weighted by Crippen LogP contribution is 2.35. The van der Waals surface area contributed by atoms with Crippen LogP contribution < -0.4 is 16.6 Å². The average molecular weight is 804 g/mol. The van der Waals surface area contributed by atoms with Crippen LogP contribution in [0.1, 0.15) is 46.5 Å². The van der Waals surface area contributed by atoms with Crippen LogP contribution >= 0.6 is 0 Å². The number of carbonyl (C=O) groups is 2. The zero-order chi connectivity index (χ0) is 40.7. The summed E-state index contributed by atoms with van der Waals surface area (Å²) in [4.78, 5) is 23.9. The maximum Gasteiger partial charge on any atom is 0.233 e. The van der Waals surface area contributed by atoms with E-state index in [0.29, 0.717) is 19.3 Å². The van der Waals surface area contributed by atoms with Crippen LogP contribution in [0, 0.1) is 0 Å². The molecule has 4 heterocycles. The van der Waals surface area contributed by atoms with Crippen molar-refractivity contribution in [1.29, 1.82) is 0 Å². The Balaban J connectivity index is 1.56. The van der Waals surface area contributed by atoms with Crippen LogP contribution in [0.25, 0.3) is 0 Å². The van der Waals surface area contributed by atoms with Gasteiger partial charge in [0, 0.05) is 20.0 Å². The zero-order valence-electron chi connectivity index (χ0n) is 30.6. The van der Waals surface area contributed by atoms with E-state index >= 15 is 0 Å². The van der Waals surface area contributed by atoms with Gasteiger partial charge in [0.2, 0.25) is 11.8 Å². The molecule has 2 amide bonds. The maximum atomic E-state index is 12.5. The second-order valence-corrected chi connectivity index (χ2v) is 14.1. The van der Waals surface area contributed by atoms with Gasteiger partial charge in [0.1, 0.15) is 85.4 Å². The summed E-state index contributed by atoms with van der Waals surface area (Å²) in [5.41, 5.74) is 2.04. The Kier molecular flexibility index (Phi) is 17.3. The fraction of sp³-hybridized carbons (Fsp3) is 0.938. The van der Waals surface area contributed by atoms with E-state index in [2.05, 4.69) is 5.32 Å². The molecule has 23 heteroatoms. The molecular weight excluding hydrogens is 746 g/mol. The Labute approximate surface area is 316 Å². The van der Waals surface area contributed by atoms with Gasteiger partial charge in [0.25, 0.3) is 0 Å². The average Bonchev–Trinajstić information content (AvgIpc) is 3.15. The smallest absolute Gasteiger partial charge is 0.233 e. The Bertz CT molecular complexity index is 1210. The molecule has 320 valence electrons. The SMILES string of the molecule is CC(=O)N[C@H]1[C@@H](O[C@@H]2[C@@H](O)[C@H](C)O[C@@H](OCCCCCC(=O)NN)[C@@H]2O)O[C@H](CO)[C@@H](O)[C@@H]1O[C@H]1O[C@H](CO)[C@H](O)[C@H](O)[C@H]1O[C@@H]1O[C@@H](C)[C@H](O)[C@@H](O)[C@H]1O. The van der Waals surface area contributed by atoms with Crippen molar-refractivity contribution in [2.45, 2.75) is 169 Å². The Hall–Kier alpha value is -1.82. The second kappa shape index (κ2) is 20.7. The number of ether oxygens (including phenoxy) is 8. The Morgan fingerprint density at radius 3 is 1.82 bits per heavy atom. The molecule has 4 saturated heterocycles. The van der Waals surface area contributed by atoms with E-state index in [0.717, 1.165) is 6.92 Å². The summed E-state index contributed by atoms with van der Waals surface area (Å²) < 4.78 is 46.3. The van der Waals surface area contributed by atoms with E-state index in [9.17, 15) is 60.7 Å². The lowest BCUT2D eigenvalue weighted by Crippen LogP contribution is -2.70. The minimum Gasteiger partial charge on any atom is -0.394 e. The van der Waals surface area contributed by atoms with Crippen molar-refractivity contribution < 1.29 is 98.5 Å². The number of hydrazine groups is 1. The number of amides is 2. The molecule has 4 aliphatic heterocycles. The molecule has 0 bridgehead atoms. The van der Waals surface area contributed by atoms with Gasteiger partial charge in [-0.3, -0.25) is 15.0 Å². The second-order valence-electron chi connectivity index (χ2n) is 14.1. The van der Waals surface area contributed by atoms with Gasteiger partial charge in [-0.2, -0.15) is 0 Å². The minimum atomic E-state index is -1.93. The van der Waals surface area contributed by atoms with E-state index in [1.54, 1.807) is 0 Å². The first-order valence-electron chi connectivity index (χ1n) is 18.2. The molecule has 4 aliphatic rings. The molecule has 0 aromatic heterocycles. The summed E-state index contributed by atoms with van der Waals surface area (Å²) >= 11 is 0. The van der Waals surface area contributed by atoms with Gasteiger partial charge in [-0.25, -0.2) is 5.84 Å². The number of unbranched alkanes of at least 4 members (excludes halogenated alkanes) is 2. The summed E-state index contributed by atoms with van der Waals surface area (Å²) in [6.07, 6.45) is -28.8. The molecule has 23 nitrogen and oxygen atoms in total. The molecular formula is C32H57N3O20. The van der Waals surface area contributed by atoms with Gasteiger partial charge in [-0.1, -0.05) is 6.42 Å². The van der Waals surface area contributed by atoms with Crippen LogP contribution in [0.4, 0.5) is 0 Å². The molecule has 4 rings (SSSR count). The monoisotopic (exact) mass is 803 g/mol. The highest BCUT2D eigenvalue weighted by Gasteiger charge is 2.56. The lowest BCUT2D eigenvalue weighted by atomic mass is 9.94. The van der Waals surface area contributed by atoms with Gasteiger partial charge in [0.05, 0.1) is 25.4 Å². The molecule has 4 fully saturated rings. The number of hydrogen-bond donors (Lipinski definition) is 13. The molecule has 0 radical (unpaired) electrons. The van der Waals surface area contributed by atoms with Crippen LogP contribution in [0.2, 0.25) is 0 Å². The van der Waals surface area contributed by atoms with Crippen LogP contribution in [0.5, 0.6) is 0 Å². The Morgan fingerprint density at radius 1 is 0.600 bits per heavy atom. The minimum absolute atomic E-state index is 0.0893. The zero-order valence-corrected chi connectivity index (χ0v) is 30.6. The fourth-order valence-electron chi connectivity index (χ4n) is 6.77. The number of rotatable bonds is 16. The molecule has 14 N–H and O–H groups in total. The molecule has 55 heavy (non-hydrogen) atoms. The van der Waals surface area contributed by atoms with Crippen molar-refractivity contribution in [2.24, 2.45) is 5.84 Å². The van der Waals surface area contributed by atoms with Gasteiger partial charge < -0.3 is 94.3 Å². The van der Waals surface area contributed by atoms with Gasteiger partial charge in [0.15, 0.2) is 25.2 Å². The summed E-state index contributed by atoms with van der Waals surface area (Å²) in [6.45, 7) is 2.35. The van der Waals surface area contributed by atoms with Crippen molar-refractivity contribution in [1.82, 2.24) is 10.7 Å². The quantitative estimate of drug-likeness (QED) is 0.0298. The molecule has 0 saturated carbocycles. The van der Waals surface area contributed by atoms with Crippen molar-refractivity contribution >= 4 is 11.8 Å². The van der Waals surface area contributed by atoms with E-state index < -0.39 is 142 Å². The third kappa shape index (κ3) is 11.0. The summed E-state index contributed by atoms with van der Waals surface area (Å²) in [6, 6.07) is -1.53. The first-order valence-corrected chi connectivity index (χ1v) is 18.2. The molecule has 0 spiro atoms. The number of aliphatic hydroxyl groups excluding tert-OH is 10. The summed E-state index contributed by atoms with van der Waals surface area (Å²) in [5, 5.41) is 109. The largest absolute Gasteiger partial charge is 0.394 e. The lowest BCUT2D eigenvalue weighted by molar-refractivity contribution is -0.386. The first kappa shape index (κ1) is 45.9. The molecule has 0 aliphatic carbocycles. The third-order valence-electron chi connectivity index (χ3n) is 10.0. The van der Waals surface area contributed by atoms with Crippen molar-refractivity contribution in [3.63, 3.8) is 0 Å². The third-order valence-corrected chi connectivity index (χ3v) is 10.0. The van der Waals surface area contributed by atoms with Crippen molar-refractivity contribution in [3.05, 3.63) is 0 Å². The van der Waals surface area contributed by atoms with Gasteiger partial charge >= 0.3 is 0 Å². The predicted octanol–water partition coefficient (Wildman–Crippen LogP) is -6.98. The maximum absolute atomic E-state index is 12.5. The highest BCUT2D eigenvalue weighted by molar-refractivity contribution is 5.75. The fourth-order valence-corrected chi connectivity index (χ4v) is 6.77. The molecule has 20 atom stereocenters. The lowest BCUT2D eigenvalue weighted by Gasteiger charge is -2.50. The Morgan fingerprint density at radius 2 is 1.18 bits per heavy atom. The number of nitrogens with one attached hydrogen (secondary N) is 2. The van der Waals surface area contributed by atoms with Crippen molar-refractivity contribution in [2.75, 3.05) is 19.8 Å². The molecule has 0 unspecified atom stereocenters. The summed E-state index contributed by atoms with van der Waals surface area (Å²) in [7, 11) is 0. The van der Waals surface area contributed by atoms with Crippen LogP contribution in [-0.2, 0) is 47.5 Å². The van der Waals surface area contributed by atoms with Crippen LogP contribution in [-0.4, -0.2) is 205 Å². The predicted molar refractivity (Wildman–Crippen MR) is 177 cm³/mol. The van der Waals surface area contributed by atoms with Crippen LogP contribution in [0.3, 0.4) is 0 Å². The number of aliphatic hydroxyl groups is 10. The van der Waals surface area contributed by atoms with Gasteiger partial charge in [-0.15, -0.1) is 0 Å². The molecule has 0 aromatic rings. The summed E-state index contributed by atoms with van der Waals surface area (Å²) in [5.74, 6) is 4.05. The van der Waals surface area contributed by atoms with Crippen LogP contribution in [0.15, 0.2) is 0 Å². The van der Waals surface area contributed by atoms with E-state index in [-0.39, 0.29) is 18.9 Å². The normalized spacial score (nSPS) is 45.2. The standard InChI is InChI=1S/C32H57N3O20/c1-11-18(40)22(44)24(46)31(50-11)55-28-23(45)20(42)14(9-36)52-32(28)53-26-17(34-13(3)38)29(51-15(10-37)21(26)43)54-27-19(41)12(2)49-30(25(27)47)48-8-6-4-5-7-16(39)35-33/h11-12,14-15,17-32,36-37,40-47H,4-10,33H2,1-3H3,(H,34,38)(H,35,39)/t11-,12-,14+,15+,17+,18-,19-,20-,21+,22+,23-,24+,25+,26+,27+,28+,29+,30+,31-,32+/m0/s1. The van der Waals surface area contributed by atoms with E-state index in [1.165, 1.54) is 13.8 Å². The van der Waals surface area contributed by atoms with Gasteiger partial charge in [-0.05, 0) is 26.7 Å². The number of hydrogen-bond acceptors (Lipinski definition) is 21. The van der Waals surface area contributed by atoms with E-state index in [1.807, 2.05) is 5.43 Å². The highest BCUT2D eigenvalue weighted by atomic mass is 16.8. The topological polar surface area (TPSA) is 360 Å².